The molecule has 1 aliphatic rings. The third-order valence-electron chi connectivity index (χ3n) is 6.88. The number of carbonyl (C=O) groups is 1. The number of benzene rings is 2. The van der Waals surface area contributed by atoms with Gasteiger partial charge in [0, 0.05) is 28.7 Å². The summed E-state index contributed by atoms with van der Waals surface area (Å²) in [4.78, 5) is 32.5. The maximum Gasteiger partial charge on any atom is 0.338 e. The van der Waals surface area contributed by atoms with Crippen LogP contribution in [0.2, 0.25) is 0 Å². The van der Waals surface area contributed by atoms with Gasteiger partial charge < -0.3 is 14.0 Å². The van der Waals surface area contributed by atoms with Crippen LogP contribution in [0.3, 0.4) is 0 Å². The SMILES string of the molecule is C=CCn1c(C)c(/C=c2/sc3n(c2=O)[C@@H](c2ccc(OC)c(Br)c2)C(C(=O)OCC)=C(C)N=3)c2ccccc21. The molecule has 9 heteroatoms. The molecule has 0 radical (unpaired) electrons. The molecule has 4 aromatic rings. The molecule has 0 spiro atoms. The van der Waals surface area contributed by atoms with Crippen molar-refractivity contribution >= 4 is 50.2 Å². The van der Waals surface area contributed by atoms with E-state index >= 15 is 0 Å². The lowest BCUT2D eigenvalue weighted by Gasteiger charge is -2.25. The van der Waals surface area contributed by atoms with Gasteiger partial charge in [-0.25, -0.2) is 9.79 Å². The van der Waals surface area contributed by atoms with E-state index in [0.29, 0.717) is 37.4 Å². The lowest BCUT2D eigenvalue weighted by Crippen LogP contribution is -2.40. The minimum atomic E-state index is -0.701. The van der Waals surface area contributed by atoms with Crippen LogP contribution in [0.25, 0.3) is 17.0 Å². The molecule has 0 amide bonds. The van der Waals surface area contributed by atoms with E-state index in [2.05, 4.69) is 39.2 Å². The van der Waals surface area contributed by atoms with Gasteiger partial charge in [0.15, 0.2) is 4.80 Å². The predicted molar refractivity (Wildman–Crippen MR) is 158 cm³/mol. The first-order chi connectivity index (χ1) is 18.8. The van der Waals surface area contributed by atoms with Crippen molar-refractivity contribution in [2.75, 3.05) is 13.7 Å². The molecular weight excluding hydrogens is 578 g/mol. The van der Waals surface area contributed by atoms with Crippen LogP contribution >= 0.6 is 27.3 Å². The molecule has 0 fully saturated rings. The summed E-state index contributed by atoms with van der Waals surface area (Å²) in [5, 5.41) is 1.06. The van der Waals surface area contributed by atoms with E-state index in [-0.39, 0.29) is 12.2 Å². The zero-order chi connectivity index (χ0) is 27.8. The van der Waals surface area contributed by atoms with Gasteiger partial charge >= 0.3 is 5.97 Å². The normalized spacial score (nSPS) is 15.3. The van der Waals surface area contributed by atoms with Crippen molar-refractivity contribution in [1.29, 1.82) is 0 Å². The number of esters is 1. The molecule has 0 unspecified atom stereocenters. The molecule has 3 heterocycles. The Kier molecular flexibility index (Phi) is 7.46. The number of ether oxygens (including phenoxy) is 2. The minimum Gasteiger partial charge on any atom is -0.496 e. The van der Waals surface area contributed by atoms with Gasteiger partial charge in [-0.15, -0.1) is 6.58 Å². The van der Waals surface area contributed by atoms with Gasteiger partial charge in [-0.3, -0.25) is 9.36 Å². The van der Waals surface area contributed by atoms with Gasteiger partial charge in [-0.2, -0.15) is 0 Å². The molecule has 0 saturated carbocycles. The van der Waals surface area contributed by atoms with Crippen LogP contribution in [0.5, 0.6) is 5.75 Å². The number of para-hydroxylation sites is 1. The average molecular weight is 607 g/mol. The highest BCUT2D eigenvalue weighted by molar-refractivity contribution is 9.10. The Morgan fingerprint density at radius 1 is 1.23 bits per heavy atom. The molecule has 7 nitrogen and oxygen atoms in total. The molecule has 200 valence electrons. The molecule has 2 aromatic heterocycles. The zero-order valence-corrected chi connectivity index (χ0v) is 24.6. The number of aromatic nitrogens is 2. The zero-order valence-electron chi connectivity index (χ0n) is 22.2. The molecule has 1 atom stereocenters. The summed E-state index contributed by atoms with van der Waals surface area (Å²) in [5.74, 6) is 0.157. The van der Waals surface area contributed by atoms with E-state index in [1.165, 1.54) is 11.3 Å². The molecular formula is C30H28BrN3O4S. The second-order valence-corrected chi connectivity index (χ2v) is 11.0. The number of methoxy groups -OCH3 is 1. The maximum atomic E-state index is 14.1. The fourth-order valence-corrected chi connectivity index (χ4v) is 6.68. The summed E-state index contributed by atoms with van der Waals surface area (Å²) in [6, 6.07) is 13.0. The number of halogens is 1. The molecule has 2 aromatic carbocycles. The monoisotopic (exact) mass is 605 g/mol. The van der Waals surface area contributed by atoms with E-state index in [4.69, 9.17) is 14.5 Å². The largest absolute Gasteiger partial charge is 0.496 e. The van der Waals surface area contributed by atoms with Crippen LogP contribution in [0.15, 0.2) is 80.6 Å². The average Bonchev–Trinajstić information content (AvgIpc) is 3.36. The van der Waals surface area contributed by atoms with Crippen LogP contribution in [0.4, 0.5) is 0 Å². The fraction of sp³-hybridized carbons (Fsp3) is 0.233. The molecule has 0 bridgehead atoms. The van der Waals surface area contributed by atoms with E-state index in [1.54, 1.807) is 25.5 Å². The molecule has 5 rings (SSSR count). The lowest BCUT2D eigenvalue weighted by atomic mass is 9.96. The highest BCUT2D eigenvalue weighted by Crippen LogP contribution is 2.35. The van der Waals surface area contributed by atoms with Crippen molar-refractivity contribution in [1.82, 2.24) is 9.13 Å². The van der Waals surface area contributed by atoms with Crippen molar-refractivity contribution in [2.45, 2.75) is 33.4 Å². The smallest absolute Gasteiger partial charge is 0.338 e. The van der Waals surface area contributed by atoms with E-state index in [9.17, 15) is 9.59 Å². The van der Waals surface area contributed by atoms with Gasteiger partial charge in [0.1, 0.15) is 5.75 Å². The standard InChI is InChI=1S/C30H28BrN3O4S/c1-6-14-33-18(4)21(20-10-8-9-11-23(20)33)16-25-28(35)34-27(19-12-13-24(37-5)22(31)15-19)26(29(36)38-7-2)17(3)32-30(34)39-25/h6,8-13,15-16,27H,1,7,14H2,2-5H3/b25-16+/t27-/m0/s1. The van der Waals surface area contributed by atoms with Gasteiger partial charge in [0.25, 0.3) is 5.56 Å². The number of hydrogen-bond acceptors (Lipinski definition) is 6. The number of hydrogen-bond donors (Lipinski definition) is 0. The van der Waals surface area contributed by atoms with Crippen molar-refractivity contribution in [3.05, 3.63) is 107 Å². The Morgan fingerprint density at radius 2 is 2.00 bits per heavy atom. The van der Waals surface area contributed by atoms with Crippen LogP contribution in [-0.4, -0.2) is 28.8 Å². The van der Waals surface area contributed by atoms with Gasteiger partial charge in [-0.1, -0.05) is 41.7 Å². The highest BCUT2D eigenvalue weighted by Gasteiger charge is 2.33. The summed E-state index contributed by atoms with van der Waals surface area (Å²) in [6.45, 7) is 10.4. The Hall–Kier alpha value is -3.69. The summed E-state index contributed by atoms with van der Waals surface area (Å²) >= 11 is 4.86. The lowest BCUT2D eigenvalue weighted by molar-refractivity contribution is -0.139. The Bertz CT molecular complexity index is 1840. The van der Waals surface area contributed by atoms with E-state index in [0.717, 1.165) is 27.7 Å². The molecule has 0 aliphatic carbocycles. The van der Waals surface area contributed by atoms with Gasteiger partial charge in [-0.05, 0) is 66.5 Å². The first-order valence-corrected chi connectivity index (χ1v) is 14.1. The summed E-state index contributed by atoms with van der Waals surface area (Å²) in [5.41, 5.74) is 4.49. The van der Waals surface area contributed by atoms with Crippen LogP contribution < -0.4 is 19.6 Å². The first-order valence-electron chi connectivity index (χ1n) is 12.5. The number of rotatable bonds is 7. The summed E-state index contributed by atoms with van der Waals surface area (Å²) < 4.78 is 15.8. The van der Waals surface area contributed by atoms with Crippen molar-refractivity contribution < 1.29 is 14.3 Å². The predicted octanol–water partition coefficient (Wildman–Crippen LogP) is 5.02. The quantitative estimate of drug-likeness (QED) is 0.219. The van der Waals surface area contributed by atoms with Crippen molar-refractivity contribution in [3.8, 4) is 5.75 Å². The maximum absolute atomic E-state index is 14.1. The van der Waals surface area contributed by atoms with E-state index in [1.807, 2.05) is 49.4 Å². The van der Waals surface area contributed by atoms with Crippen LogP contribution in [0, 0.1) is 6.92 Å². The Morgan fingerprint density at radius 3 is 2.69 bits per heavy atom. The van der Waals surface area contributed by atoms with Crippen LogP contribution in [-0.2, 0) is 16.1 Å². The van der Waals surface area contributed by atoms with Gasteiger partial charge in [0.2, 0.25) is 0 Å². The number of thiazole rings is 1. The highest BCUT2D eigenvalue weighted by atomic mass is 79.9. The molecule has 0 N–H and O–H groups in total. The third-order valence-corrected chi connectivity index (χ3v) is 8.48. The van der Waals surface area contributed by atoms with E-state index < -0.39 is 12.0 Å². The molecule has 0 saturated heterocycles. The topological polar surface area (TPSA) is 74.8 Å². The minimum absolute atomic E-state index is 0.215. The van der Waals surface area contributed by atoms with Gasteiger partial charge in [0.05, 0.1) is 40.0 Å². The molecule has 39 heavy (non-hydrogen) atoms. The first kappa shape index (κ1) is 26.9. The Balaban J connectivity index is 1.77. The number of allylic oxidation sites excluding steroid dienone is 2. The second kappa shape index (κ2) is 10.8. The number of carbonyl (C=O) groups excluding carboxylic acids is 1. The van der Waals surface area contributed by atoms with Crippen LogP contribution in [0.1, 0.15) is 36.7 Å². The number of nitrogens with zero attached hydrogens (tertiary/aromatic N) is 3. The third kappa shape index (κ3) is 4.59. The summed E-state index contributed by atoms with van der Waals surface area (Å²) in [6.07, 6.45) is 3.80. The Labute approximate surface area is 238 Å². The summed E-state index contributed by atoms with van der Waals surface area (Å²) in [7, 11) is 1.59. The fourth-order valence-electron chi connectivity index (χ4n) is 5.10. The van der Waals surface area contributed by atoms with Crippen molar-refractivity contribution in [2.24, 2.45) is 4.99 Å². The molecule has 1 aliphatic heterocycles. The number of fused-ring (bicyclic) bond motifs is 2. The second-order valence-electron chi connectivity index (χ2n) is 9.11. The van der Waals surface area contributed by atoms with Crippen molar-refractivity contribution in [3.63, 3.8) is 0 Å².